The van der Waals surface area contributed by atoms with E-state index in [1.54, 1.807) is 0 Å². The largest absolute Gasteiger partial charge is 0.468 e. The second-order valence-electron chi connectivity index (χ2n) is 6.04. The van der Waals surface area contributed by atoms with Crippen molar-refractivity contribution in [3.63, 3.8) is 0 Å². The van der Waals surface area contributed by atoms with Crippen molar-refractivity contribution < 1.29 is 9.53 Å². The van der Waals surface area contributed by atoms with E-state index in [0.29, 0.717) is 6.04 Å². The van der Waals surface area contributed by atoms with Crippen LogP contribution in [0.5, 0.6) is 0 Å². The lowest BCUT2D eigenvalue weighted by atomic mass is 9.78. The molecule has 2 atom stereocenters. The molecule has 0 aromatic heterocycles. The highest BCUT2D eigenvalue weighted by Gasteiger charge is 2.43. The third-order valence-electron chi connectivity index (χ3n) is 4.55. The first-order valence-electron chi connectivity index (χ1n) is 8.13. The van der Waals surface area contributed by atoms with E-state index in [-0.39, 0.29) is 5.97 Å². The Hall–Kier alpha value is -0.610. The molecule has 4 heteroatoms. The van der Waals surface area contributed by atoms with Crippen LogP contribution >= 0.6 is 0 Å². The molecule has 1 aliphatic rings. The quantitative estimate of drug-likeness (QED) is 0.549. The van der Waals surface area contributed by atoms with Crippen molar-refractivity contribution in [2.45, 2.75) is 70.4 Å². The second-order valence-corrected chi connectivity index (χ2v) is 6.04. The van der Waals surface area contributed by atoms with Crippen molar-refractivity contribution in [2.75, 3.05) is 27.2 Å². The molecule has 2 unspecified atom stereocenters. The van der Waals surface area contributed by atoms with Gasteiger partial charge in [-0.1, -0.05) is 26.7 Å². The lowest BCUT2D eigenvalue weighted by Gasteiger charge is -2.42. The molecule has 1 rings (SSSR count). The average Bonchev–Trinajstić information content (AvgIpc) is 2.47. The third kappa shape index (κ3) is 4.45. The summed E-state index contributed by atoms with van der Waals surface area (Å²) in [5.41, 5.74) is -0.467. The van der Waals surface area contributed by atoms with Gasteiger partial charge in [-0.25, -0.2) is 0 Å². The van der Waals surface area contributed by atoms with Crippen LogP contribution in [0.2, 0.25) is 0 Å². The molecule has 0 bridgehead atoms. The predicted octanol–water partition coefficient (Wildman–Crippen LogP) is 2.57. The first-order chi connectivity index (χ1) is 9.59. The van der Waals surface area contributed by atoms with E-state index in [1.807, 2.05) is 0 Å². The lowest BCUT2D eigenvalue weighted by molar-refractivity contribution is -0.151. The molecule has 0 spiro atoms. The number of esters is 1. The highest BCUT2D eigenvalue weighted by atomic mass is 16.5. The minimum atomic E-state index is -0.467. The molecule has 0 aromatic rings. The van der Waals surface area contributed by atoms with Gasteiger partial charge in [0.15, 0.2) is 0 Å². The highest BCUT2D eigenvalue weighted by Crippen LogP contribution is 2.32. The smallest absolute Gasteiger partial charge is 0.326 e. The summed E-state index contributed by atoms with van der Waals surface area (Å²) >= 11 is 0. The van der Waals surface area contributed by atoms with Crippen LogP contribution in [-0.2, 0) is 9.53 Å². The van der Waals surface area contributed by atoms with Crippen molar-refractivity contribution in [2.24, 2.45) is 0 Å². The number of rotatable bonds is 8. The summed E-state index contributed by atoms with van der Waals surface area (Å²) in [6.45, 7) is 6.22. The van der Waals surface area contributed by atoms with Crippen molar-refractivity contribution in [3.05, 3.63) is 0 Å². The SMILES string of the molecule is CCCCCN(C)C1CCCC(NCC)(C(=O)OC)C1. The first kappa shape index (κ1) is 17.4. The lowest BCUT2D eigenvalue weighted by Crippen LogP contribution is -2.58. The highest BCUT2D eigenvalue weighted by molar-refractivity contribution is 5.81. The van der Waals surface area contributed by atoms with Gasteiger partial charge in [0.1, 0.15) is 5.54 Å². The topological polar surface area (TPSA) is 41.6 Å². The van der Waals surface area contributed by atoms with Crippen molar-refractivity contribution in [1.82, 2.24) is 10.2 Å². The number of nitrogens with zero attached hydrogens (tertiary/aromatic N) is 1. The van der Waals surface area contributed by atoms with Crippen molar-refractivity contribution >= 4 is 5.97 Å². The van der Waals surface area contributed by atoms with Crippen LogP contribution in [0.1, 0.15) is 58.8 Å². The van der Waals surface area contributed by atoms with E-state index < -0.39 is 5.54 Å². The van der Waals surface area contributed by atoms with Gasteiger partial charge in [-0.2, -0.15) is 0 Å². The molecule has 118 valence electrons. The fourth-order valence-electron chi connectivity index (χ4n) is 3.37. The van der Waals surface area contributed by atoms with Crippen LogP contribution in [0.15, 0.2) is 0 Å². The van der Waals surface area contributed by atoms with E-state index in [0.717, 1.165) is 32.4 Å². The van der Waals surface area contributed by atoms with Gasteiger partial charge >= 0.3 is 5.97 Å². The summed E-state index contributed by atoms with van der Waals surface area (Å²) < 4.78 is 5.05. The van der Waals surface area contributed by atoms with Gasteiger partial charge in [0.25, 0.3) is 0 Å². The summed E-state index contributed by atoms with van der Waals surface area (Å²) in [6.07, 6.45) is 7.82. The third-order valence-corrected chi connectivity index (χ3v) is 4.55. The number of hydrogen-bond donors (Lipinski definition) is 1. The van der Waals surface area contributed by atoms with Gasteiger partial charge in [0.2, 0.25) is 0 Å². The number of nitrogens with one attached hydrogen (secondary N) is 1. The molecule has 0 saturated heterocycles. The zero-order valence-electron chi connectivity index (χ0n) is 13.7. The fraction of sp³-hybridized carbons (Fsp3) is 0.938. The Balaban J connectivity index is 2.64. The number of ether oxygens (including phenoxy) is 1. The molecule has 20 heavy (non-hydrogen) atoms. The minimum absolute atomic E-state index is 0.0917. The average molecular weight is 284 g/mol. The Morgan fingerprint density at radius 2 is 2.15 bits per heavy atom. The molecule has 1 aliphatic carbocycles. The standard InChI is InChI=1S/C16H32N2O2/c1-5-7-8-12-18(3)14-10-9-11-16(13-14,17-6-2)15(19)20-4/h14,17H,5-13H2,1-4H3. The maximum Gasteiger partial charge on any atom is 0.326 e. The summed E-state index contributed by atoms with van der Waals surface area (Å²) in [6, 6.07) is 0.485. The molecule has 0 aliphatic heterocycles. The molecule has 1 N–H and O–H groups in total. The Labute approximate surface area is 124 Å². The molecule has 1 saturated carbocycles. The molecule has 0 aromatic carbocycles. The van der Waals surface area contributed by atoms with Gasteiger partial charge in [-0.3, -0.25) is 4.79 Å². The molecule has 0 amide bonds. The van der Waals surface area contributed by atoms with E-state index >= 15 is 0 Å². The Morgan fingerprint density at radius 3 is 2.75 bits per heavy atom. The molecule has 1 fully saturated rings. The Kier molecular flexibility index (Phi) is 7.52. The van der Waals surface area contributed by atoms with Gasteiger partial charge in [0.05, 0.1) is 7.11 Å². The van der Waals surface area contributed by atoms with Crippen molar-refractivity contribution in [3.8, 4) is 0 Å². The van der Waals surface area contributed by atoms with E-state index in [4.69, 9.17) is 4.74 Å². The first-order valence-corrected chi connectivity index (χ1v) is 8.13. The van der Waals surface area contributed by atoms with E-state index in [1.165, 1.54) is 32.8 Å². The summed E-state index contributed by atoms with van der Waals surface area (Å²) in [7, 11) is 3.69. The predicted molar refractivity (Wildman–Crippen MR) is 82.8 cm³/mol. The van der Waals surface area contributed by atoms with Crippen LogP contribution in [0.3, 0.4) is 0 Å². The number of methoxy groups -OCH3 is 1. The molecule has 0 heterocycles. The van der Waals surface area contributed by atoms with Crippen LogP contribution in [0.4, 0.5) is 0 Å². The van der Waals surface area contributed by atoms with Crippen LogP contribution < -0.4 is 5.32 Å². The number of likely N-dealkylation sites (N-methyl/N-ethyl adjacent to an activating group) is 1. The summed E-state index contributed by atoms with van der Waals surface area (Å²) in [5.74, 6) is -0.0917. The zero-order chi connectivity index (χ0) is 15.0. The maximum atomic E-state index is 12.2. The summed E-state index contributed by atoms with van der Waals surface area (Å²) in [5, 5.41) is 3.40. The van der Waals surface area contributed by atoms with Crippen LogP contribution in [-0.4, -0.2) is 49.7 Å². The van der Waals surface area contributed by atoms with E-state index in [9.17, 15) is 4.79 Å². The summed E-state index contributed by atoms with van der Waals surface area (Å²) in [4.78, 5) is 14.6. The normalized spacial score (nSPS) is 26.8. The van der Waals surface area contributed by atoms with Gasteiger partial charge in [-0.15, -0.1) is 0 Å². The van der Waals surface area contributed by atoms with Gasteiger partial charge in [0, 0.05) is 6.04 Å². The number of hydrogen-bond acceptors (Lipinski definition) is 4. The number of carbonyl (C=O) groups excluding carboxylic acids is 1. The molecular weight excluding hydrogens is 252 g/mol. The van der Waals surface area contributed by atoms with Crippen molar-refractivity contribution in [1.29, 1.82) is 0 Å². The number of unbranched alkanes of at least 4 members (excludes halogenated alkanes) is 2. The van der Waals surface area contributed by atoms with Gasteiger partial charge in [-0.05, 0) is 52.2 Å². The Morgan fingerprint density at radius 1 is 1.40 bits per heavy atom. The monoisotopic (exact) mass is 284 g/mol. The molecular formula is C16H32N2O2. The molecule has 4 nitrogen and oxygen atoms in total. The van der Waals surface area contributed by atoms with E-state index in [2.05, 4.69) is 31.1 Å². The minimum Gasteiger partial charge on any atom is -0.468 e. The number of carbonyl (C=O) groups is 1. The van der Waals surface area contributed by atoms with Crippen LogP contribution in [0.25, 0.3) is 0 Å². The van der Waals surface area contributed by atoms with Gasteiger partial charge < -0.3 is 15.0 Å². The fourth-order valence-corrected chi connectivity index (χ4v) is 3.37. The van der Waals surface area contributed by atoms with Crippen LogP contribution in [0, 0.1) is 0 Å². The maximum absolute atomic E-state index is 12.2. The Bertz CT molecular complexity index is 292. The second kappa shape index (κ2) is 8.63. The zero-order valence-corrected chi connectivity index (χ0v) is 13.7. The molecule has 0 radical (unpaired) electrons.